The minimum absolute atomic E-state index is 0.0692. The average molecular weight is 449 g/mol. The van der Waals surface area contributed by atoms with Gasteiger partial charge in [-0.2, -0.15) is 13.2 Å². The van der Waals surface area contributed by atoms with Gasteiger partial charge in [-0.1, -0.05) is 41.9 Å². The van der Waals surface area contributed by atoms with E-state index in [2.05, 4.69) is 9.62 Å². The number of ether oxygens (including phenoxy) is 1. The van der Waals surface area contributed by atoms with Gasteiger partial charge in [0.1, 0.15) is 4.90 Å². The molecule has 1 saturated heterocycles. The number of sulfonamides is 1. The lowest BCUT2D eigenvalue weighted by atomic mass is 10.2. The quantitative estimate of drug-likeness (QED) is 0.734. The summed E-state index contributed by atoms with van der Waals surface area (Å²) >= 11 is 5.84. The summed E-state index contributed by atoms with van der Waals surface area (Å²) in [5.41, 5.74) is 0.0507. The summed E-state index contributed by atoms with van der Waals surface area (Å²) in [6, 6.07) is 12.0. The maximum Gasteiger partial charge on any atom is 0.416 e. The van der Waals surface area contributed by atoms with Crippen LogP contribution in [0.5, 0.6) is 0 Å². The Labute approximate surface area is 172 Å². The number of hydrogen-bond donors (Lipinski definition) is 1. The monoisotopic (exact) mass is 448 g/mol. The molecule has 10 heteroatoms. The van der Waals surface area contributed by atoms with Crippen LogP contribution in [-0.2, 0) is 27.5 Å². The molecule has 29 heavy (non-hydrogen) atoms. The van der Waals surface area contributed by atoms with Crippen LogP contribution < -0.4 is 4.72 Å². The number of hydrogen-bond acceptors (Lipinski definition) is 4. The van der Waals surface area contributed by atoms with Gasteiger partial charge in [-0.3, -0.25) is 4.90 Å². The predicted molar refractivity (Wildman–Crippen MR) is 103 cm³/mol. The highest BCUT2D eigenvalue weighted by molar-refractivity contribution is 7.89. The topological polar surface area (TPSA) is 58.6 Å². The normalized spacial score (nSPS) is 18.7. The fourth-order valence-electron chi connectivity index (χ4n) is 3.06. The predicted octanol–water partition coefficient (Wildman–Crippen LogP) is 3.54. The standard InChI is InChI=1S/C19H20ClF3N2O3S/c20-17-7-6-15(19(21,22)23)10-18(17)29(26,27)24-11-16-13-25(8-9-28-16)12-14-4-2-1-3-5-14/h1-7,10,16,24H,8-9,11-13H2. The number of nitrogens with zero attached hydrogens (tertiary/aromatic N) is 1. The number of nitrogens with one attached hydrogen (secondary N) is 1. The van der Waals surface area contributed by atoms with Crippen LogP contribution >= 0.6 is 11.6 Å². The molecule has 5 nitrogen and oxygen atoms in total. The minimum atomic E-state index is -4.67. The summed E-state index contributed by atoms with van der Waals surface area (Å²) in [7, 11) is -4.23. The molecule has 0 amide bonds. The molecule has 158 valence electrons. The van der Waals surface area contributed by atoms with Crippen molar-refractivity contribution >= 4 is 21.6 Å². The Morgan fingerprint density at radius 3 is 2.59 bits per heavy atom. The summed E-state index contributed by atoms with van der Waals surface area (Å²) in [4.78, 5) is 1.53. The zero-order chi connectivity index (χ0) is 21.1. The first-order chi connectivity index (χ1) is 13.6. The summed E-state index contributed by atoms with van der Waals surface area (Å²) in [6.45, 7) is 2.27. The summed E-state index contributed by atoms with van der Waals surface area (Å²) in [5.74, 6) is 0. The third-order valence-electron chi connectivity index (χ3n) is 4.52. The average Bonchev–Trinajstić information content (AvgIpc) is 2.67. The van der Waals surface area contributed by atoms with Crippen LogP contribution in [-0.4, -0.2) is 45.7 Å². The Bertz CT molecular complexity index is 939. The van der Waals surface area contributed by atoms with E-state index in [1.165, 1.54) is 0 Å². The van der Waals surface area contributed by atoms with E-state index in [9.17, 15) is 21.6 Å². The van der Waals surface area contributed by atoms with Gasteiger partial charge in [0.25, 0.3) is 0 Å². The van der Waals surface area contributed by atoms with Crippen molar-refractivity contribution < 1.29 is 26.3 Å². The van der Waals surface area contributed by atoms with Gasteiger partial charge in [-0.05, 0) is 23.8 Å². The molecule has 1 N–H and O–H groups in total. The lowest BCUT2D eigenvalue weighted by Gasteiger charge is -2.33. The fraction of sp³-hybridized carbons (Fsp3) is 0.368. The Hall–Kier alpha value is -1.65. The number of benzene rings is 2. The molecule has 1 heterocycles. The zero-order valence-corrected chi connectivity index (χ0v) is 16.9. The lowest BCUT2D eigenvalue weighted by molar-refractivity contribution is -0.137. The second kappa shape index (κ2) is 9.01. The first-order valence-corrected chi connectivity index (χ1v) is 10.8. The molecule has 1 aliphatic rings. The number of morpholine rings is 1. The van der Waals surface area contributed by atoms with Crippen molar-refractivity contribution in [3.05, 3.63) is 64.7 Å². The molecule has 0 bridgehead atoms. The van der Waals surface area contributed by atoms with Gasteiger partial charge in [0, 0.05) is 26.2 Å². The number of halogens is 4. The van der Waals surface area contributed by atoms with Gasteiger partial charge in [-0.15, -0.1) is 0 Å². The highest BCUT2D eigenvalue weighted by atomic mass is 35.5. The fourth-order valence-corrected chi connectivity index (χ4v) is 4.65. The molecule has 0 aromatic heterocycles. The number of rotatable bonds is 6. The van der Waals surface area contributed by atoms with Crippen LogP contribution in [0.2, 0.25) is 5.02 Å². The van der Waals surface area contributed by atoms with Crippen LogP contribution in [0.15, 0.2) is 53.4 Å². The van der Waals surface area contributed by atoms with Gasteiger partial charge in [0.2, 0.25) is 10.0 Å². The van der Waals surface area contributed by atoms with Crippen molar-refractivity contribution in [2.45, 2.75) is 23.7 Å². The van der Waals surface area contributed by atoms with Crippen molar-refractivity contribution in [2.24, 2.45) is 0 Å². The largest absolute Gasteiger partial charge is 0.416 e. The van der Waals surface area contributed by atoms with Crippen LogP contribution in [0.1, 0.15) is 11.1 Å². The van der Waals surface area contributed by atoms with Crippen LogP contribution in [0.4, 0.5) is 13.2 Å². The smallest absolute Gasteiger partial charge is 0.374 e. The van der Waals surface area contributed by atoms with E-state index in [1.807, 2.05) is 30.3 Å². The van der Waals surface area contributed by atoms with Crippen molar-refractivity contribution in [1.82, 2.24) is 9.62 Å². The van der Waals surface area contributed by atoms with Crippen LogP contribution in [0.25, 0.3) is 0 Å². The van der Waals surface area contributed by atoms with Crippen molar-refractivity contribution in [2.75, 3.05) is 26.2 Å². The number of alkyl halides is 3. The third-order valence-corrected chi connectivity index (χ3v) is 6.43. The highest BCUT2D eigenvalue weighted by Crippen LogP contribution is 2.33. The lowest BCUT2D eigenvalue weighted by Crippen LogP contribution is -2.47. The first kappa shape index (κ1) is 22.0. The molecule has 1 fully saturated rings. The maximum absolute atomic E-state index is 12.9. The van der Waals surface area contributed by atoms with E-state index in [-0.39, 0.29) is 11.6 Å². The van der Waals surface area contributed by atoms with E-state index < -0.39 is 32.8 Å². The highest BCUT2D eigenvalue weighted by Gasteiger charge is 2.33. The van der Waals surface area contributed by atoms with Gasteiger partial charge in [0.15, 0.2) is 0 Å². The second-order valence-electron chi connectivity index (χ2n) is 6.71. The van der Waals surface area contributed by atoms with E-state index in [4.69, 9.17) is 16.3 Å². The molecular weight excluding hydrogens is 429 g/mol. The summed E-state index contributed by atoms with van der Waals surface area (Å²) in [6.07, 6.45) is -5.09. The van der Waals surface area contributed by atoms with Gasteiger partial charge in [-0.25, -0.2) is 13.1 Å². The SMILES string of the molecule is O=S(=O)(NCC1CN(Cc2ccccc2)CCO1)c1cc(C(F)(F)F)ccc1Cl. The van der Waals surface area contributed by atoms with Crippen molar-refractivity contribution in [3.8, 4) is 0 Å². The zero-order valence-electron chi connectivity index (χ0n) is 15.3. The second-order valence-corrected chi connectivity index (χ2v) is 8.85. The van der Waals surface area contributed by atoms with E-state index in [0.29, 0.717) is 32.3 Å². The Balaban J connectivity index is 1.64. The Kier molecular flexibility index (Phi) is 6.85. The Morgan fingerprint density at radius 2 is 1.90 bits per heavy atom. The van der Waals surface area contributed by atoms with Crippen molar-refractivity contribution in [3.63, 3.8) is 0 Å². The van der Waals surface area contributed by atoms with E-state index in [0.717, 1.165) is 17.7 Å². The van der Waals surface area contributed by atoms with E-state index in [1.54, 1.807) is 0 Å². The molecule has 2 aromatic carbocycles. The molecule has 0 radical (unpaired) electrons. The van der Waals surface area contributed by atoms with E-state index >= 15 is 0 Å². The summed E-state index contributed by atoms with van der Waals surface area (Å²) < 4.78 is 71.7. The molecular formula is C19H20ClF3N2O3S. The van der Waals surface area contributed by atoms with Gasteiger partial charge >= 0.3 is 6.18 Å². The molecule has 1 aliphatic heterocycles. The summed E-state index contributed by atoms with van der Waals surface area (Å²) in [5, 5.41) is -0.277. The van der Waals surface area contributed by atoms with Gasteiger partial charge < -0.3 is 4.74 Å². The maximum atomic E-state index is 12.9. The molecule has 3 rings (SSSR count). The third kappa shape index (κ3) is 5.93. The molecule has 0 spiro atoms. The molecule has 1 unspecified atom stereocenters. The molecule has 0 saturated carbocycles. The first-order valence-electron chi connectivity index (χ1n) is 8.89. The van der Waals surface area contributed by atoms with Crippen LogP contribution in [0.3, 0.4) is 0 Å². The Morgan fingerprint density at radius 1 is 1.17 bits per heavy atom. The van der Waals surface area contributed by atoms with Gasteiger partial charge in [0.05, 0.1) is 23.3 Å². The van der Waals surface area contributed by atoms with Crippen LogP contribution in [0, 0.1) is 0 Å². The molecule has 2 aromatic rings. The molecule has 1 atom stereocenters. The minimum Gasteiger partial charge on any atom is -0.374 e. The molecule has 0 aliphatic carbocycles. The van der Waals surface area contributed by atoms with Crippen molar-refractivity contribution in [1.29, 1.82) is 0 Å².